The van der Waals surface area contributed by atoms with E-state index in [2.05, 4.69) is 33.2 Å². The standard InChI is InChI=1S/C33H19N5O/c39-33-25(27-14-12-22-10-8-20-5-2-16-35-29(20)31(22)38-27)18-24(23-6-3-17-36-32(23)33)26-13-11-21-9-7-19-4-1-15-34-28(19)30(21)37-26/h1-18,39H. The zero-order valence-corrected chi connectivity index (χ0v) is 20.6. The summed E-state index contributed by atoms with van der Waals surface area (Å²) < 4.78 is 0. The van der Waals surface area contributed by atoms with E-state index in [1.54, 1.807) is 18.6 Å². The number of benzene rings is 3. The van der Waals surface area contributed by atoms with Crippen molar-refractivity contribution in [2.75, 3.05) is 0 Å². The monoisotopic (exact) mass is 501 g/mol. The topological polar surface area (TPSA) is 84.7 Å². The minimum Gasteiger partial charge on any atom is -0.505 e. The second-order valence-electron chi connectivity index (χ2n) is 9.54. The van der Waals surface area contributed by atoms with Gasteiger partial charge in [-0.3, -0.25) is 15.0 Å². The number of rotatable bonds is 2. The van der Waals surface area contributed by atoms with E-state index < -0.39 is 0 Å². The van der Waals surface area contributed by atoms with Gasteiger partial charge in [0.25, 0.3) is 0 Å². The largest absolute Gasteiger partial charge is 0.505 e. The minimum atomic E-state index is 0.0855. The summed E-state index contributed by atoms with van der Waals surface area (Å²) in [5, 5.41) is 16.3. The molecule has 5 heterocycles. The highest BCUT2D eigenvalue weighted by molar-refractivity contribution is 6.07. The van der Waals surface area contributed by atoms with Crippen LogP contribution < -0.4 is 0 Å². The Labute approximate surface area is 222 Å². The number of fused-ring (bicyclic) bond motifs is 7. The van der Waals surface area contributed by atoms with Crippen molar-refractivity contribution in [3.8, 4) is 28.3 Å². The molecule has 0 radical (unpaired) electrons. The smallest absolute Gasteiger partial charge is 0.151 e. The number of hydrogen-bond donors (Lipinski definition) is 1. The van der Waals surface area contributed by atoms with Gasteiger partial charge in [-0.2, -0.15) is 0 Å². The van der Waals surface area contributed by atoms with Crippen LogP contribution in [0.2, 0.25) is 0 Å². The predicted octanol–water partition coefficient (Wildman–Crippen LogP) is 7.47. The Kier molecular flexibility index (Phi) is 4.57. The first-order valence-electron chi connectivity index (χ1n) is 12.6. The molecule has 0 unspecified atom stereocenters. The summed E-state index contributed by atoms with van der Waals surface area (Å²) in [6.45, 7) is 0. The summed E-state index contributed by atoms with van der Waals surface area (Å²) in [6, 6.07) is 29.9. The van der Waals surface area contributed by atoms with Gasteiger partial charge in [0.05, 0.1) is 33.5 Å². The summed E-state index contributed by atoms with van der Waals surface area (Å²) in [4.78, 5) is 23.8. The first-order chi connectivity index (χ1) is 19.2. The van der Waals surface area contributed by atoms with Gasteiger partial charge >= 0.3 is 0 Å². The number of pyridine rings is 5. The Morgan fingerprint density at radius 3 is 1.49 bits per heavy atom. The molecule has 0 saturated heterocycles. The van der Waals surface area contributed by atoms with Crippen LogP contribution in [0.15, 0.2) is 110 Å². The maximum absolute atomic E-state index is 11.4. The van der Waals surface area contributed by atoms with Gasteiger partial charge in [-0.1, -0.05) is 54.6 Å². The first kappa shape index (κ1) is 21.6. The van der Waals surface area contributed by atoms with E-state index in [0.29, 0.717) is 16.8 Å². The first-order valence-corrected chi connectivity index (χ1v) is 12.6. The molecule has 0 bridgehead atoms. The van der Waals surface area contributed by atoms with Crippen molar-refractivity contribution >= 4 is 54.5 Å². The molecule has 8 aromatic rings. The maximum Gasteiger partial charge on any atom is 0.151 e. The minimum absolute atomic E-state index is 0.0855. The Balaban J connectivity index is 1.41. The highest BCUT2D eigenvalue weighted by Gasteiger charge is 2.18. The average Bonchev–Trinajstić information content (AvgIpc) is 3.01. The summed E-state index contributed by atoms with van der Waals surface area (Å²) in [5.41, 5.74) is 6.66. The van der Waals surface area contributed by atoms with Crippen molar-refractivity contribution in [2.45, 2.75) is 0 Å². The third-order valence-electron chi connectivity index (χ3n) is 7.28. The molecule has 5 aromatic heterocycles. The van der Waals surface area contributed by atoms with Crippen molar-refractivity contribution in [3.63, 3.8) is 0 Å². The number of phenols is 1. The fraction of sp³-hybridized carbons (Fsp3) is 0. The third-order valence-corrected chi connectivity index (χ3v) is 7.28. The van der Waals surface area contributed by atoms with Crippen LogP contribution in [0.4, 0.5) is 0 Å². The number of nitrogens with zero attached hydrogens (tertiary/aromatic N) is 5. The second kappa shape index (κ2) is 8.26. The van der Waals surface area contributed by atoms with Crippen LogP contribution in [-0.4, -0.2) is 30.0 Å². The normalized spacial score (nSPS) is 11.7. The molecule has 0 spiro atoms. The van der Waals surface area contributed by atoms with Crippen LogP contribution in [0.5, 0.6) is 5.75 Å². The van der Waals surface area contributed by atoms with Gasteiger partial charge in [0, 0.05) is 56.6 Å². The highest BCUT2D eigenvalue weighted by Crippen LogP contribution is 2.41. The second-order valence-corrected chi connectivity index (χ2v) is 9.54. The summed E-state index contributed by atoms with van der Waals surface area (Å²) in [5.74, 6) is 0.0855. The van der Waals surface area contributed by atoms with Crippen molar-refractivity contribution in [3.05, 3.63) is 110 Å². The molecule has 8 rings (SSSR count). The van der Waals surface area contributed by atoms with E-state index in [1.165, 1.54) is 0 Å². The molecule has 0 saturated carbocycles. The van der Waals surface area contributed by atoms with Crippen LogP contribution in [0, 0.1) is 0 Å². The van der Waals surface area contributed by atoms with E-state index >= 15 is 0 Å². The molecule has 0 amide bonds. The zero-order valence-electron chi connectivity index (χ0n) is 20.6. The van der Waals surface area contributed by atoms with Crippen LogP contribution in [0.25, 0.3) is 77.0 Å². The lowest BCUT2D eigenvalue weighted by Crippen LogP contribution is -1.94. The van der Waals surface area contributed by atoms with E-state index in [-0.39, 0.29) is 5.75 Å². The molecule has 0 fully saturated rings. The van der Waals surface area contributed by atoms with Gasteiger partial charge in [0.2, 0.25) is 0 Å². The van der Waals surface area contributed by atoms with Gasteiger partial charge in [0.1, 0.15) is 5.52 Å². The molecule has 0 atom stereocenters. The van der Waals surface area contributed by atoms with Crippen molar-refractivity contribution < 1.29 is 5.11 Å². The zero-order chi connectivity index (χ0) is 25.9. The van der Waals surface area contributed by atoms with Gasteiger partial charge in [-0.05, 0) is 36.4 Å². The number of hydrogen-bond acceptors (Lipinski definition) is 6. The number of aromatic hydroxyl groups is 1. The maximum atomic E-state index is 11.4. The molecule has 182 valence electrons. The molecule has 39 heavy (non-hydrogen) atoms. The quantitative estimate of drug-likeness (QED) is 0.247. The van der Waals surface area contributed by atoms with Crippen LogP contribution in [0.3, 0.4) is 0 Å². The molecule has 6 nitrogen and oxygen atoms in total. The number of aromatic nitrogens is 5. The molecule has 6 heteroatoms. The Morgan fingerprint density at radius 2 is 0.897 bits per heavy atom. The van der Waals surface area contributed by atoms with Crippen molar-refractivity contribution in [1.82, 2.24) is 24.9 Å². The molecular formula is C33H19N5O. The lowest BCUT2D eigenvalue weighted by molar-refractivity contribution is 0.482. The van der Waals surface area contributed by atoms with E-state index in [9.17, 15) is 5.11 Å². The lowest BCUT2D eigenvalue weighted by Gasteiger charge is -2.14. The van der Waals surface area contributed by atoms with E-state index in [0.717, 1.165) is 60.3 Å². The van der Waals surface area contributed by atoms with Gasteiger partial charge in [-0.25, -0.2) is 9.97 Å². The average molecular weight is 502 g/mol. The molecular weight excluding hydrogens is 482 g/mol. The summed E-state index contributed by atoms with van der Waals surface area (Å²) in [6.07, 6.45) is 5.25. The SMILES string of the molecule is Oc1c(-c2ccc3ccc4cccnc4c3n2)cc(-c2ccc3ccc4cccnc4c3n2)c2cccnc12. The van der Waals surface area contributed by atoms with Crippen LogP contribution in [-0.2, 0) is 0 Å². The summed E-state index contributed by atoms with van der Waals surface area (Å²) in [7, 11) is 0. The Hall–Kier alpha value is -5.49. The number of phenolic OH excluding ortho intramolecular Hbond substituents is 1. The fourth-order valence-corrected chi connectivity index (χ4v) is 5.38. The lowest BCUT2D eigenvalue weighted by atomic mass is 9.97. The molecule has 0 aliphatic heterocycles. The Morgan fingerprint density at radius 1 is 0.436 bits per heavy atom. The Bertz CT molecular complexity index is 2260. The van der Waals surface area contributed by atoms with Gasteiger partial charge in [0.15, 0.2) is 5.75 Å². The van der Waals surface area contributed by atoms with Crippen LogP contribution in [0.1, 0.15) is 0 Å². The van der Waals surface area contributed by atoms with Crippen molar-refractivity contribution in [2.24, 2.45) is 0 Å². The molecule has 0 aliphatic rings. The molecule has 0 aliphatic carbocycles. The third kappa shape index (κ3) is 3.32. The van der Waals surface area contributed by atoms with Gasteiger partial charge in [-0.15, -0.1) is 0 Å². The van der Waals surface area contributed by atoms with Crippen LogP contribution >= 0.6 is 0 Å². The van der Waals surface area contributed by atoms with E-state index in [1.807, 2.05) is 72.8 Å². The van der Waals surface area contributed by atoms with Crippen molar-refractivity contribution in [1.29, 1.82) is 0 Å². The molecule has 3 aromatic carbocycles. The van der Waals surface area contributed by atoms with Gasteiger partial charge < -0.3 is 5.11 Å². The predicted molar refractivity (Wildman–Crippen MR) is 155 cm³/mol. The van der Waals surface area contributed by atoms with E-state index in [4.69, 9.17) is 9.97 Å². The summed E-state index contributed by atoms with van der Waals surface area (Å²) >= 11 is 0. The highest BCUT2D eigenvalue weighted by atomic mass is 16.3. The fourth-order valence-electron chi connectivity index (χ4n) is 5.38. The molecule has 1 N–H and O–H groups in total.